The van der Waals surface area contributed by atoms with E-state index >= 15 is 0 Å². The van der Waals surface area contributed by atoms with Crippen LogP contribution in [0, 0.1) is 0 Å². The van der Waals surface area contributed by atoms with Gasteiger partial charge in [-0.2, -0.15) is 0 Å². The summed E-state index contributed by atoms with van der Waals surface area (Å²) in [7, 11) is 0. The van der Waals surface area contributed by atoms with Crippen LogP contribution in [0.25, 0.3) is 0 Å². The maximum absolute atomic E-state index is 12.8. The maximum Gasteiger partial charge on any atom is 0.306 e. The average molecular weight is 915 g/mol. The Balaban J connectivity index is 4.41. The Morgan fingerprint density at radius 1 is 0.348 bits per heavy atom. The molecule has 0 radical (unpaired) electrons. The molecular formula is C61H102O5. The number of rotatable bonds is 49. The minimum absolute atomic E-state index is 0.0440. The van der Waals surface area contributed by atoms with Gasteiger partial charge in [-0.1, -0.05) is 239 Å². The molecule has 1 unspecified atom stereocenters. The van der Waals surface area contributed by atoms with Gasteiger partial charge < -0.3 is 14.2 Å². The van der Waals surface area contributed by atoms with Gasteiger partial charge in [0.15, 0.2) is 6.10 Å². The van der Waals surface area contributed by atoms with Crippen LogP contribution in [0.3, 0.4) is 0 Å². The number of carbonyl (C=O) groups is 2. The molecule has 66 heavy (non-hydrogen) atoms. The van der Waals surface area contributed by atoms with Crippen LogP contribution in [0.15, 0.2) is 109 Å². The minimum Gasteiger partial charge on any atom is -0.462 e. The van der Waals surface area contributed by atoms with E-state index in [1.54, 1.807) is 0 Å². The summed E-state index contributed by atoms with van der Waals surface area (Å²) in [6, 6.07) is 0. The second kappa shape index (κ2) is 55.9. The van der Waals surface area contributed by atoms with Crippen LogP contribution < -0.4 is 0 Å². The summed E-state index contributed by atoms with van der Waals surface area (Å²) in [5.74, 6) is -0.475. The third-order valence-electron chi connectivity index (χ3n) is 11.3. The van der Waals surface area contributed by atoms with Crippen LogP contribution in [0.2, 0.25) is 0 Å². The molecule has 0 aliphatic rings. The van der Waals surface area contributed by atoms with E-state index < -0.39 is 6.10 Å². The highest BCUT2D eigenvalue weighted by molar-refractivity contribution is 5.70. The number of esters is 2. The lowest BCUT2D eigenvalue weighted by molar-refractivity contribution is -0.163. The van der Waals surface area contributed by atoms with Crippen LogP contribution in [-0.2, 0) is 23.8 Å². The zero-order valence-corrected chi connectivity index (χ0v) is 43.2. The van der Waals surface area contributed by atoms with Crippen molar-refractivity contribution < 1.29 is 23.8 Å². The fourth-order valence-corrected chi connectivity index (χ4v) is 7.30. The number of unbranched alkanes of at least 4 members (excludes halogenated alkanes) is 20. The van der Waals surface area contributed by atoms with Crippen molar-refractivity contribution >= 4 is 11.9 Å². The summed E-state index contributed by atoms with van der Waals surface area (Å²) >= 11 is 0. The second-order valence-electron chi connectivity index (χ2n) is 17.7. The van der Waals surface area contributed by atoms with Gasteiger partial charge in [0.1, 0.15) is 6.61 Å². The Labute approximate surface area is 408 Å². The molecular weight excluding hydrogens is 813 g/mol. The number of allylic oxidation sites excluding steroid dienone is 18. The van der Waals surface area contributed by atoms with Gasteiger partial charge >= 0.3 is 11.9 Å². The standard InChI is InChI=1S/C61H102O5/c1-4-7-10-13-16-19-22-25-28-30-32-35-38-41-44-47-50-53-56-64-57-59(66-61(63)55-52-49-46-43-40-37-33-27-24-21-18-15-12-9-6-3)58-65-60(62)54-51-48-45-42-39-36-34-31-29-26-23-20-17-14-11-8-5-2/h7-8,10-11,16-17,19-20,25-26,28-29,32,34-36,42,45,59H,4-6,9,12-15,18,21-24,27,30-31,33,37-41,43-44,46-58H2,1-3H3/b10-7-,11-8-,19-16-,20-17-,28-25-,29-26-,35-32-,36-34-,45-42-. The van der Waals surface area contributed by atoms with E-state index in [9.17, 15) is 9.59 Å². The second-order valence-corrected chi connectivity index (χ2v) is 17.7. The van der Waals surface area contributed by atoms with E-state index in [4.69, 9.17) is 14.2 Å². The summed E-state index contributed by atoms with van der Waals surface area (Å²) in [4.78, 5) is 25.5. The van der Waals surface area contributed by atoms with E-state index in [2.05, 4.69) is 130 Å². The summed E-state index contributed by atoms with van der Waals surface area (Å²) in [6.45, 7) is 7.51. The smallest absolute Gasteiger partial charge is 0.306 e. The number of hydrogen-bond acceptors (Lipinski definition) is 5. The minimum atomic E-state index is -0.574. The van der Waals surface area contributed by atoms with Crippen LogP contribution in [-0.4, -0.2) is 37.9 Å². The van der Waals surface area contributed by atoms with E-state index in [0.717, 1.165) is 103 Å². The molecule has 1 atom stereocenters. The summed E-state index contributed by atoms with van der Waals surface area (Å²) in [5, 5.41) is 0. The Kier molecular flexibility index (Phi) is 53.0. The Morgan fingerprint density at radius 2 is 0.697 bits per heavy atom. The monoisotopic (exact) mass is 915 g/mol. The van der Waals surface area contributed by atoms with E-state index in [1.165, 1.54) is 103 Å². The molecule has 0 aromatic carbocycles. The predicted molar refractivity (Wildman–Crippen MR) is 288 cm³/mol. The SMILES string of the molecule is CC/C=C\C/C=C\C/C=C\C/C=C\C/C=C\CCCC(=O)OCC(COCCCCCCC/C=C\C/C=C\C/C=C\C/C=C\CC)OC(=O)CCCCCCCCCCCCCCCCC. The molecule has 5 heteroatoms. The van der Waals surface area contributed by atoms with E-state index in [-0.39, 0.29) is 25.2 Å². The van der Waals surface area contributed by atoms with Crippen LogP contribution in [0.4, 0.5) is 0 Å². The van der Waals surface area contributed by atoms with Gasteiger partial charge in [-0.15, -0.1) is 0 Å². The topological polar surface area (TPSA) is 61.8 Å². The van der Waals surface area contributed by atoms with Gasteiger partial charge in [-0.25, -0.2) is 0 Å². The fraction of sp³-hybridized carbons (Fsp3) is 0.672. The fourth-order valence-electron chi connectivity index (χ4n) is 7.30. The molecule has 376 valence electrons. The molecule has 0 amide bonds. The first-order valence-electron chi connectivity index (χ1n) is 27.4. The van der Waals surface area contributed by atoms with Gasteiger partial charge in [0, 0.05) is 19.4 Å². The lowest BCUT2D eigenvalue weighted by Crippen LogP contribution is -2.30. The summed E-state index contributed by atoms with van der Waals surface area (Å²) < 4.78 is 17.4. The Morgan fingerprint density at radius 3 is 1.14 bits per heavy atom. The molecule has 0 heterocycles. The van der Waals surface area contributed by atoms with Crippen molar-refractivity contribution in [1.82, 2.24) is 0 Å². The number of hydrogen-bond donors (Lipinski definition) is 0. The Hall–Kier alpha value is -3.44. The molecule has 0 N–H and O–H groups in total. The van der Waals surface area contributed by atoms with E-state index in [1.807, 2.05) is 0 Å². The molecule has 0 spiro atoms. The molecule has 0 aromatic rings. The largest absolute Gasteiger partial charge is 0.462 e. The molecule has 5 nitrogen and oxygen atoms in total. The van der Waals surface area contributed by atoms with Crippen molar-refractivity contribution in [2.45, 2.75) is 245 Å². The van der Waals surface area contributed by atoms with Gasteiger partial charge in [0.05, 0.1) is 6.61 Å². The molecule has 0 rings (SSSR count). The molecule has 0 aromatic heterocycles. The highest BCUT2D eigenvalue weighted by Gasteiger charge is 2.17. The third-order valence-corrected chi connectivity index (χ3v) is 11.3. The van der Waals surface area contributed by atoms with Crippen molar-refractivity contribution in [1.29, 1.82) is 0 Å². The van der Waals surface area contributed by atoms with Gasteiger partial charge in [-0.05, 0) is 96.3 Å². The lowest BCUT2D eigenvalue weighted by Gasteiger charge is -2.18. The van der Waals surface area contributed by atoms with Gasteiger partial charge in [0.25, 0.3) is 0 Å². The van der Waals surface area contributed by atoms with Crippen molar-refractivity contribution in [3.8, 4) is 0 Å². The van der Waals surface area contributed by atoms with Crippen molar-refractivity contribution in [3.05, 3.63) is 109 Å². The first-order chi connectivity index (χ1) is 32.6. The molecule has 0 aliphatic heterocycles. The van der Waals surface area contributed by atoms with E-state index in [0.29, 0.717) is 19.4 Å². The maximum atomic E-state index is 12.8. The molecule has 0 bridgehead atoms. The normalized spacial score (nSPS) is 13.1. The first kappa shape index (κ1) is 62.6. The van der Waals surface area contributed by atoms with Gasteiger partial charge in [-0.3, -0.25) is 9.59 Å². The first-order valence-corrected chi connectivity index (χ1v) is 27.4. The zero-order valence-electron chi connectivity index (χ0n) is 43.2. The van der Waals surface area contributed by atoms with Crippen molar-refractivity contribution in [2.24, 2.45) is 0 Å². The highest BCUT2D eigenvalue weighted by Crippen LogP contribution is 2.15. The summed E-state index contributed by atoms with van der Waals surface area (Å²) in [6.07, 6.45) is 76.8. The molecule has 0 saturated carbocycles. The van der Waals surface area contributed by atoms with Crippen molar-refractivity contribution in [3.63, 3.8) is 0 Å². The number of ether oxygens (including phenoxy) is 3. The predicted octanol–water partition coefficient (Wildman–Crippen LogP) is 18.8. The lowest BCUT2D eigenvalue weighted by atomic mass is 10.0. The molecule has 0 aliphatic carbocycles. The van der Waals surface area contributed by atoms with Crippen LogP contribution >= 0.6 is 0 Å². The highest BCUT2D eigenvalue weighted by atomic mass is 16.6. The number of carbonyl (C=O) groups excluding carboxylic acids is 2. The van der Waals surface area contributed by atoms with Crippen LogP contribution in [0.1, 0.15) is 239 Å². The molecule has 0 fully saturated rings. The third kappa shape index (κ3) is 53.2. The van der Waals surface area contributed by atoms with Gasteiger partial charge in [0.2, 0.25) is 0 Å². The quantitative estimate of drug-likeness (QED) is 0.0346. The van der Waals surface area contributed by atoms with Crippen molar-refractivity contribution in [2.75, 3.05) is 19.8 Å². The Bertz CT molecular complexity index is 1310. The average Bonchev–Trinajstić information content (AvgIpc) is 3.32. The zero-order chi connectivity index (χ0) is 47.7. The van der Waals surface area contributed by atoms with Crippen LogP contribution in [0.5, 0.6) is 0 Å². The summed E-state index contributed by atoms with van der Waals surface area (Å²) in [5.41, 5.74) is 0. The molecule has 0 saturated heterocycles.